The first-order chi connectivity index (χ1) is 8.73. The van der Waals surface area contributed by atoms with Crippen molar-refractivity contribution in [3.63, 3.8) is 0 Å². The van der Waals surface area contributed by atoms with Crippen LogP contribution in [0.5, 0.6) is 5.75 Å². The van der Waals surface area contributed by atoms with Crippen molar-refractivity contribution in [2.75, 3.05) is 7.11 Å². The van der Waals surface area contributed by atoms with E-state index in [1.165, 1.54) is 0 Å². The summed E-state index contributed by atoms with van der Waals surface area (Å²) in [6, 6.07) is 1.31. The van der Waals surface area contributed by atoms with E-state index < -0.39 is 29.9 Å². The molecule has 0 aromatic heterocycles. The van der Waals surface area contributed by atoms with Crippen LogP contribution in [-0.2, 0) is 16.0 Å². The molecule has 0 bridgehead atoms. The predicted octanol–water partition coefficient (Wildman–Crippen LogP) is 1.77. The molecule has 4 nitrogen and oxygen atoms in total. The van der Waals surface area contributed by atoms with Crippen LogP contribution in [0.2, 0.25) is 0 Å². The Morgan fingerprint density at radius 2 is 2.05 bits per heavy atom. The molecule has 0 heterocycles. The zero-order valence-corrected chi connectivity index (χ0v) is 9.83. The molecule has 0 spiro atoms. The molecule has 0 aliphatic heterocycles. The van der Waals surface area contributed by atoms with Crippen LogP contribution in [0.3, 0.4) is 0 Å². The van der Waals surface area contributed by atoms with Gasteiger partial charge >= 0.3 is 12.3 Å². The Morgan fingerprint density at radius 3 is 2.58 bits per heavy atom. The minimum absolute atomic E-state index is 0.167. The molecule has 1 aromatic rings. The number of carbonyl (C=O) groups is 1. The van der Waals surface area contributed by atoms with E-state index in [9.17, 15) is 22.4 Å². The van der Waals surface area contributed by atoms with Crippen LogP contribution in [-0.4, -0.2) is 25.5 Å². The number of esters is 1. The Hall–Kier alpha value is -1.83. The summed E-state index contributed by atoms with van der Waals surface area (Å²) >= 11 is 0. The van der Waals surface area contributed by atoms with Crippen molar-refractivity contribution in [3.8, 4) is 5.75 Å². The summed E-state index contributed by atoms with van der Waals surface area (Å²) in [7, 11) is 1.10. The lowest BCUT2D eigenvalue weighted by atomic mass is 10.1. The van der Waals surface area contributed by atoms with Gasteiger partial charge in [-0.1, -0.05) is 0 Å². The lowest BCUT2D eigenvalue weighted by Crippen LogP contribution is -2.33. The van der Waals surface area contributed by atoms with Gasteiger partial charge in [-0.3, -0.25) is 4.79 Å². The number of ether oxygens (including phenoxy) is 2. The highest BCUT2D eigenvalue weighted by molar-refractivity contribution is 5.75. The van der Waals surface area contributed by atoms with Crippen LogP contribution in [0.4, 0.5) is 17.6 Å². The quantitative estimate of drug-likeness (QED) is 0.675. The van der Waals surface area contributed by atoms with E-state index >= 15 is 0 Å². The molecule has 19 heavy (non-hydrogen) atoms. The van der Waals surface area contributed by atoms with Gasteiger partial charge in [-0.2, -0.15) is 0 Å². The van der Waals surface area contributed by atoms with Crippen LogP contribution >= 0.6 is 0 Å². The van der Waals surface area contributed by atoms with E-state index in [0.717, 1.165) is 25.3 Å². The minimum Gasteiger partial charge on any atom is -0.468 e. The second-order valence-corrected chi connectivity index (χ2v) is 3.63. The van der Waals surface area contributed by atoms with Crippen molar-refractivity contribution in [1.29, 1.82) is 0 Å². The highest BCUT2D eigenvalue weighted by Gasteiger charge is 2.31. The number of halogens is 4. The van der Waals surface area contributed by atoms with Crippen LogP contribution in [0.1, 0.15) is 5.56 Å². The number of alkyl halides is 3. The largest absolute Gasteiger partial charge is 0.573 e. The highest BCUT2D eigenvalue weighted by atomic mass is 19.4. The van der Waals surface area contributed by atoms with Gasteiger partial charge in [0.05, 0.1) is 7.11 Å². The van der Waals surface area contributed by atoms with Crippen LogP contribution in [0.15, 0.2) is 18.2 Å². The maximum Gasteiger partial charge on any atom is 0.573 e. The summed E-state index contributed by atoms with van der Waals surface area (Å²) < 4.78 is 57.4. The van der Waals surface area contributed by atoms with Crippen molar-refractivity contribution < 1.29 is 31.8 Å². The summed E-state index contributed by atoms with van der Waals surface area (Å²) in [6.07, 6.45) is -5.17. The van der Waals surface area contributed by atoms with Gasteiger partial charge in [-0.05, 0) is 23.8 Å². The maximum absolute atomic E-state index is 13.4. The predicted molar refractivity (Wildman–Crippen MR) is 56.8 cm³/mol. The van der Waals surface area contributed by atoms with Crippen molar-refractivity contribution in [2.45, 2.75) is 18.8 Å². The summed E-state index contributed by atoms with van der Waals surface area (Å²) in [5.41, 5.74) is 5.23. The van der Waals surface area contributed by atoms with Gasteiger partial charge < -0.3 is 15.2 Å². The maximum atomic E-state index is 13.4. The van der Waals surface area contributed by atoms with Crippen molar-refractivity contribution >= 4 is 5.97 Å². The van der Waals surface area contributed by atoms with E-state index in [1.807, 2.05) is 0 Å². The SMILES string of the molecule is COC(=O)C(N)Cc1cc(OC(F)(F)F)ccc1F. The molecular weight excluding hydrogens is 270 g/mol. The number of rotatable bonds is 4. The summed E-state index contributed by atoms with van der Waals surface area (Å²) in [5, 5.41) is 0. The molecule has 106 valence electrons. The minimum atomic E-state index is -4.88. The van der Waals surface area contributed by atoms with E-state index in [-0.39, 0.29) is 12.0 Å². The van der Waals surface area contributed by atoms with Crippen LogP contribution in [0.25, 0.3) is 0 Å². The Kier molecular flexibility index (Phi) is 4.71. The van der Waals surface area contributed by atoms with Gasteiger partial charge in [-0.25, -0.2) is 4.39 Å². The molecule has 0 aliphatic rings. The van der Waals surface area contributed by atoms with Gasteiger partial charge in [-0.15, -0.1) is 13.2 Å². The molecule has 1 unspecified atom stereocenters. The molecule has 1 aromatic carbocycles. The molecule has 0 saturated heterocycles. The number of carbonyl (C=O) groups excluding carboxylic acids is 1. The number of nitrogens with two attached hydrogens (primary N) is 1. The van der Waals surface area contributed by atoms with E-state index in [4.69, 9.17) is 5.73 Å². The summed E-state index contributed by atoms with van der Waals surface area (Å²) in [4.78, 5) is 11.1. The first kappa shape index (κ1) is 15.2. The van der Waals surface area contributed by atoms with Gasteiger partial charge in [0.25, 0.3) is 0 Å². The smallest absolute Gasteiger partial charge is 0.468 e. The van der Waals surface area contributed by atoms with Crippen molar-refractivity contribution in [1.82, 2.24) is 0 Å². The first-order valence-electron chi connectivity index (χ1n) is 5.10. The van der Waals surface area contributed by atoms with Crippen molar-refractivity contribution in [3.05, 3.63) is 29.6 Å². The first-order valence-corrected chi connectivity index (χ1v) is 5.10. The third kappa shape index (κ3) is 4.74. The monoisotopic (exact) mass is 281 g/mol. The molecule has 0 saturated carbocycles. The Labute approximate surface area is 106 Å². The van der Waals surface area contributed by atoms with Crippen molar-refractivity contribution in [2.24, 2.45) is 5.73 Å². The third-order valence-corrected chi connectivity index (χ3v) is 2.19. The Bertz CT molecular complexity index is 462. The highest BCUT2D eigenvalue weighted by Crippen LogP contribution is 2.25. The fourth-order valence-electron chi connectivity index (χ4n) is 1.38. The standard InChI is InChI=1S/C11H11F4NO3/c1-18-10(17)9(16)5-6-4-7(2-3-8(6)12)19-11(13,14)15/h2-4,9H,5,16H2,1H3. The molecule has 0 aliphatic carbocycles. The number of hydrogen-bond donors (Lipinski definition) is 1. The van der Waals surface area contributed by atoms with Crippen LogP contribution in [0, 0.1) is 5.82 Å². The Morgan fingerprint density at radius 1 is 1.42 bits per heavy atom. The van der Waals surface area contributed by atoms with E-state index in [2.05, 4.69) is 9.47 Å². The number of benzene rings is 1. The Balaban J connectivity index is 2.88. The molecule has 0 radical (unpaired) electrons. The molecule has 0 fully saturated rings. The fourth-order valence-corrected chi connectivity index (χ4v) is 1.38. The molecule has 1 rings (SSSR count). The average molecular weight is 281 g/mol. The van der Waals surface area contributed by atoms with Gasteiger partial charge in [0.1, 0.15) is 17.6 Å². The summed E-state index contributed by atoms with van der Waals surface area (Å²) in [5.74, 6) is -2.16. The molecule has 2 N–H and O–H groups in total. The van der Waals surface area contributed by atoms with Gasteiger partial charge in [0, 0.05) is 6.42 Å². The van der Waals surface area contributed by atoms with E-state index in [0.29, 0.717) is 0 Å². The zero-order chi connectivity index (χ0) is 14.6. The topological polar surface area (TPSA) is 61.5 Å². The molecule has 8 heteroatoms. The summed E-state index contributed by atoms with van der Waals surface area (Å²) in [6.45, 7) is 0. The van der Waals surface area contributed by atoms with Gasteiger partial charge in [0.2, 0.25) is 0 Å². The molecule has 1 atom stereocenters. The molecule has 0 amide bonds. The second-order valence-electron chi connectivity index (χ2n) is 3.63. The lowest BCUT2D eigenvalue weighted by molar-refractivity contribution is -0.274. The number of methoxy groups -OCH3 is 1. The lowest BCUT2D eigenvalue weighted by Gasteiger charge is -2.13. The zero-order valence-electron chi connectivity index (χ0n) is 9.83. The normalized spacial score (nSPS) is 12.9. The molecular formula is C11H11F4NO3. The van der Waals surface area contributed by atoms with E-state index in [1.54, 1.807) is 0 Å². The number of hydrogen-bond acceptors (Lipinski definition) is 4. The fraction of sp³-hybridized carbons (Fsp3) is 0.364. The van der Waals surface area contributed by atoms with Crippen LogP contribution < -0.4 is 10.5 Å². The third-order valence-electron chi connectivity index (χ3n) is 2.19. The second kappa shape index (κ2) is 5.87. The average Bonchev–Trinajstić information content (AvgIpc) is 2.30. The van der Waals surface area contributed by atoms with Gasteiger partial charge in [0.15, 0.2) is 0 Å².